The van der Waals surface area contributed by atoms with E-state index in [-0.39, 0.29) is 28.3 Å². The van der Waals surface area contributed by atoms with E-state index in [1.165, 1.54) is 6.92 Å². The summed E-state index contributed by atoms with van der Waals surface area (Å²) in [6.45, 7) is 3.57. The third-order valence-corrected chi connectivity index (χ3v) is 3.64. The molecule has 20 heavy (non-hydrogen) atoms. The van der Waals surface area contributed by atoms with Gasteiger partial charge in [0, 0.05) is 43.7 Å². The Kier molecular flexibility index (Phi) is 4.67. The van der Waals surface area contributed by atoms with E-state index in [4.69, 9.17) is 18.0 Å². The van der Waals surface area contributed by atoms with Crippen LogP contribution in [0.1, 0.15) is 24.5 Å². The molecule has 0 bridgehead atoms. The van der Waals surface area contributed by atoms with E-state index in [1.54, 1.807) is 18.2 Å². The van der Waals surface area contributed by atoms with Crippen LogP contribution in [-0.2, 0) is 11.3 Å². The van der Waals surface area contributed by atoms with Gasteiger partial charge >= 0.3 is 0 Å². The molecule has 6 heteroatoms. The number of hydrogen-bond acceptors (Lipinski definition) is 3. The number of rotatable bonds is 4. The highest BCUT2D eigenvalue weighted by atomic mass is 32.1. The molecule has 1 aliphatic rings. The second-order valence-corrected chi connectivity index (χ2v) is 5.50. The minimum atomic E-state index is -0.344. The zero-order chi connectivity index (χ0) is 14.7. The van der Waals surface area contributed by atoms with Gasteiger partial charge in [0.1, 0.15) is 10.8 Å². The Balaban J connectivity index is 2.03. The van der Waals surface area contributed by atoms with Crippen molar-refractivity contribution in [2.24, 2.45) is 5.73 Å². The minimum Gasteiger partial charge on any atom is -0.389 e. The molecule has 108 valence electrons. The first-order valence-corrected chi connectivity index (χ1v) is 6.95. The van der Waals surface area contributed by atoms with Crippen LogP contribution in [0, 0.1) is 5.82 Å². The zero-order valence-corrected chi connectivity index (χ0v) is 12.2. The highest BCUT2D eigenvalue weighted by molar-refractivity contribution is 7.80. The Morgan fingerprint density at radius 3 is 3.00 bits per heavy atom. The predicted molar refractivity (Wildman–Crippen MR) is 79.8 cm³/mol. The molecule has 1 amide bonds. The van der Waals surface area contributed by atoms with Gasteiger partial charge in [-0.3, -0.25) is 9.69 Å². The van der Waals surface area contributed by atoms with Crippen molar-refractivity contribution in [1.82, 2.24) is 10.2 Å². The lowest BCUT2D eigenvalue weighted by Gasteiger charge is -2.17. The van der Waals surface area contributed by atoms with Crippen LogP contribution in [0.2, 0.25) is 0 Å². The van der Waals surface area contributed by atoms with Crippen molar-refractivity contribution in [2.45, 2.75) is 25.9 Å². The van der Waals surface area contributed by atoms with Crippen molar-refractivity contribution < 1.29 is 9.18 Å². The molecule has 0 saturated carbocycles. The van der Waals surface area contributed by atoms with Gasteiger partial charge in [-0.15, -0.1) is 0 Å². The first-order valence-electron chi connectivity index (χ1n) is 6.54. The quantitative estimate of drug-likeness (QED) is 0.819. The molecule has 0 spiro atoms. The molecule has 1 aromatic rings. The number of benzene rings is 1. The Labute approximate surface area is 123 Å². The molecule has 1 saturated heterocycles. The average Bonchev–Trinajstić information content (AvgIpc) is 2.78. The van der Waals surface area contributed by atoms with Crippen molar-refractivity contribution >= 4 is 23.1 Å². The summed E-state index contributed by atoms with van der Waals surface area (Å²) in [7, 11) is 0. The van der Waals surface area contributed by atoms with Gasteiger partial charge in [0.2, 0.25) is 5.91 Å². The number of hydrogen-bond donors (Lipinski definition) is 2. The van der Waals surface area contributed by atoms with Crippen LogP contribution in [0.25, 0.3) is 0 Å². The number of nitrogens with one attached hydrogen (secondary N) is 1. The lowest BCUT2D eigenvalue weighted by molar-refractivity contribution is -0.119. The van der Waals surface area contributed by atoms with E-state index in [0.717, 1.165) is 19.5 Å². The Morgan fingerprint density at radius 1 is 1.60 bits per heavy atom. The molecular formula is C14H18FN3OS. The summed E-state index contributed by atoms with van der Waals surface area (Å²) in [5.74, 6) is -0.374. The summed E-state index contributed by atoms with van der Waals surface area (Å²) in [4.78, 5) is 13.2. The maximum Gasteiger partial charge on any atom is 0.217 e. The number of thiocarbonyl (C=S) groups is 1. The summed E-state index contributed by atoms with van der Waals surface area (Å²) in [6.07, 6.45) is 0.885. The number of nitrogens with zero attached hydrogens (tertiary/aromatic N) is 1. The van der Waals surface area contributed by atoms with E-state index in [2.05, 4.69) is 10.2 Å². The largest absolute Gasteiger partial charge is 0.389 e. The van der Waals surface area contributed by atoms with Crippen LogP contribution in [0.15, 0.2) is 18.2 Å². The number of carbonyl (C=O) groups is 1. The molecule has 1 heterocycles. The molecule has 1 fully saturated rings. The zero-order valence-electron chi connectivity index (χ0n) is 11.4. The number of likely N-dealkylation sites (tertiary alicyclic amines) is 1. The van der Waals surface area contributed by atoms with Crippen LogP contribution in [0.4, 0.5) is 4.39 Å². The van der Waals surface area contributed by atoms with Gasteiger partial charge in [-0.25, -0.2) is 4.39 Å². The Bertz CT molecular complexity index is 535. The topological polar surface area (TPSA) is 58.4 Å². The Morgan fingerprint density at radius 2 is 2.35 bits per heavy atom. The number of carbonyl (C=O) groups excluding carboxylic acids is 1. The first-order chi connectivity index (χ1) is 9.47. The average molecular weight is 295 g/mol. The Hall–Kier alpha value is -1.53. The standard InChI is InChI=1S/C14H18FN3OS/c1-9(19)17-11-5-6-18(8-11)7-10-3-2-4-12(13(10)15)14(16)20/h2-4,11H,5-8H2,1H3,(H2,16,20)(H,17,19). The van der Waals surface area contributed by atoms with Gasteiger partial charge in [-0.2, -0.15) is 0 Å². The van der Waals surface area contributed by atoms with E-state index in [0.29, 0.717) is 12.1 Å². The minimum absolute atomic E-state index is 0.0292. The van der Waals surface area contributed by atoms with Gasteiger partial charge in [-0.1, -0.05) is 24.4 Å². The van der Waals surface area contributed by atoms with Crippen LogP contribution >= 0.6 is 12.2 Å². The third kappa shape index (κ3) is 3.52. The maximum atomic E-state index is 14.2. The van der Waals surface area contributed by atoms with Gasteiger partial charge in [0.05, 0.1) is 0 Å². The highest BCUT2D eigenvalue weighted by Gasteiger charge is 2.24. The molecule has 1 aliphatic heterocycles. The van der Waals surface area contributed by atoms with E-state index in [9.17, 15) is 9.18 Å². The van der Waals surface area contributed by atoms with Gasteiger partial charge in [-0.05, 0) is 12.5 Å². The molecular weight excluding hydrogens is 277 g/mol. The lowest BCUT2D eigenvalue weighted by atomic mass is 10.1. The van der Waals surface area contributed by atoms with Crippen LogP contribution < -0.4 is 11.1 Å². The van der Waals surface area contributed by atoms with Gasteiger partial charge < -0.3 is 11.1 Å². The second-order valence-electron chi connectivity index (χ2n) is 5.06. The molecule has 1 aromatic carbocycles. The smallest absolute Gasteiger partial charge is 0.217 e. The highest BCUT2D eigenvalue weighted by Crippen LogP contribution is 2.18. The van der Waals surface area contributed by atoms with Gasteiger partial charge in [0.15, 0.2) is 0 Å². The van der Waals surface area contributed by atoms with Gasteiger partial charge in [0.25, 0.3) is 0 Å². The van der Waals surface area contributed by atoms with E-state index in [1.807, 2.05) is 0 Å². The van der Waals surface area contributed by atoms with Crippen molar-refractivity contribution in [1.29, 1.82) is 0 Å². The molecule has 2 rings (SSSR count). The van der Waals surface area contributed by atoms with Crippen molar-refractivity contribution in [2.75, 3.05) is 13.1 Å². The van der Waals surface area contributed by atoms with Crippen LogP contribution in [-0.4, -0.2) is 34.9 Å². The summed E-state index contributed by atoms with van der Waals surface area (Å²) in [5.41, 5.74) is 6.37. The first kappa shape index (κ1) is 14.9. The summed E-state index contributed by atoms with van der Waals surface area (Å²) in [5, 5.41) is 2.89. The molecule has 0 radical (unpaired) electrons. The van der Waals surface area contributed by atoms with Crippen molar-refractivity contribution in [3.63, 3.8) is 0 Å². The molecule has 4 nitrogen and oxygen atoms in total. The van der Waals surface area contributed by atoms with Crippen molar-refractivity contribution in [3.8, 4) is 0 Å². The predicted octanol–water partition coefficient (Wildman–Crippen LogP) is 1.17. The van der Waals surface area contributed by atoms with E-state index >= 15 is 0 Å². The summed E-state index contributed by atoms with van der Waals surface area (Å²) in [6, 6.07) is 5.23. The van der Waals surface area contributed by atoms with E-state index < -0.39 is 0 Å². The fourth-order valence-corrected chi connectivity index (χ4v) is 2.67. The normalized spacial score (nSPS) is 19.0. The number of amides is 1. The summed E-state index contributed by atoms with van der Waals surface area (Å²) < 4.78 is 14.2. The molecule has 0 aromatic heterocycles. The molecule has 0 aliphatic carbocycles. The molecule has 1 unspecified atom stereocenters. The third-order valence-electron chi connectivity index (χ3n) is 3.42. The number of nitrogens with two attached hydrogens (primary N) is 1. The van der Waals surface area contributed by atoms with Crippen molar-refractivity contribution in [3.05, 3.63) is 35.1 Å². The van der Waals surface area contributed by atoms with Crippen LogP contribution in [0.5, 0.6) is 0 Å². The maximum absolute atomic E-state index is 14.2. The molecule has 1 atom stereocenters. The molecule has 3 N–H and O–H groups in total. The van der Waals surface area contributed by atoms with Crippen LogP contribution in [0.3, 0.4) is 0 Å². The second kappa shape index (κ2) is 6.28. The fraction of sp³-hybridized carbons (Fsp3) is 0.429. The fourth-order valence-electron chi connectivity index (χ4n) is 2.51. The monoisotopic (exact) mass is 295 g/mol. The SMILES string of the molecule is CC(=O)NC1CCN(Cc2cccc(C(N)=S)c2F)C1. The summed E-state index contributed by atoms with van der Waals surface area (Å²) >= 11 is 4.83. The lowest BCUT2D eigenvalue weighted by Crippen LogP contribution is -2.35. The number of halogens is 1.